The fraction of sp³-hybridized carbons (Fsp3) is 0.267. The molecule has 0 unspecified atom stereocenters. The molecule has 18 heavy (non-hydrogen) atoms. The standard InChI is InChI=1S/C15H19N3/c1-11-9-12(2)16-15(10-11)17-13-5-7-14(8-6-13)18(3)4/h5-10H,1-4H3,(H,16,17). The summed E-state index contributed by atoms with van der Waals surface area (Å²) in [4.78, 5) is 6.55. The third-order valence-electron chi connectivity index (χ3n) is 2.75. The number of aryl methyl sites for hydroxylation is 2. The van der Waals surface area contributed by atoms with Crippen LogP contribution in [0.15, 0.2) is 36.4 Å². The SMILES string of the molecule is Cc1cc(C)nc(Nc2ccc(N(C)C)cc2)c1. The van der Waals surface area contributed by atoms with Crippen LogP contribution in [0.5, 0.6) is 0 Å². The Bertz CT molecular complexity index is 510. The average Bonchev–Trinajstić information content (AvgIpc) is 2.28. The molecular weight excluding hydrogens is 222 g/mol. The first kappa shape index (κ1) is 12.4. The van der Waals surface area contributed by atoms with Gasteiger partial charge in [-0.3, -0.25) is 0 Å². The van der Waals surface area contributed by atoms with E-state index in [1.165, 1.54) is 11.3 Å². The number of pyridine rings is 1. The number of nitrogens with one attached hydrogen (secondary N) is 1. The maximum absolute atomic E-state index is 4.47. The highest BCUT2D eigenvalue weighted by Gasteiger charge is 1.99. The van der Waals surface area contributed by atoms with Crippen LogP contribution >= 0.6 is 0 Å². The molecule has 2 aromatic rings. The smallest absolute Gasteiger partial charge is 0.130 e. The van der Waals surface area contributed by atoms with Crippen LogP contribution in [0.3, 0.4) is 0 Å². The van der Waals surface area contributed by atoms with Crippen LogP contribution in [0.4, 0.5) is 17.2 Å². The highest BCUT2D eigenvalue weighted by Crippen LogP contribution is 2.19. The zero-order valence-corrected chi connectivity index (χ0v) is 11.4. The van der Waals surface area contributed by atoms with Gasteiger partial charge in [0.1, 0.15) is 5.82 Å². The second kappa shape index (κ2) is 5.08. The van der Waals surface area contributed by atoms with E-state index in [-0.39, 0.29) is 0 Å². The van der Waals surface area contributed by atoms with Crippen LogP contribution in [0.2, 0.25) is 0 Å². The molecule has 3 heteroatoms. The van der Waals surface area contributed by atoms with Gasteiger partial charge in [0.25, 0.3) is 0 Å². The van der Waals surface area contributed by atoms with Crippen LogP contribution in [0.1, 0.15) is 11.3 Å². The molecule has 0 fully saturated rings. The molecule has 0 aliphatic rings. The van der Waals surface area contributed by atoms with E-state index < -0.39 is 0 Å². The number of hydrogen-bond donors (Lipinski definition) is 1. The number of nitrogens with zero attached hydrogens (tertiary/aromatic N) is 2. The monoisotopic (exact) mass is 241 g/mol. The predicted molar refractivity (Wildman–Crippen MR) is 77.8 cm³/mol. The van der Waals surface area contributed by atoms with Crippen LogP contribution in [-0.2, 0) is 0 Å². The molecule has 0 atom stereocenters. The molecular formula is C15H19N3. The van der Waals surface area contributed by atoms with E-state index >= 15 is 0 Å². The maximum atomic E-state index is 4.47. The van der Waals surface area contributed by atoms with Gasteiger partial charge < -0.3 is 10.2 Å². The van der Waals surface area contributed by atoms with E-state index in [0.29, 0.717) is 0 Å². The van der Waals surface area contributed by atoms with Gasteiger partial charge in [0, 0.05) is 31.2 Å². The van der Waals surface area contributed by atoms with Gasteiger partial charge in [-0.15, -0.1) is 0 Å². The number of rotatable bonds is 3. The van der Waals surface area contributed by atoms with Crippen molar-refractivity contribution in [1.82, 2.24) is 4.98 Å². The Hall–Kier alpha value is -2.03. The largest absolute Gasteiger partial charge is 0.378 e. The molecule has 0 bridgehead atoms. The molecule has 0 saturated carbocycles. The van der Waals surface area contributed by atoms with Crippen molar-refractivity contribution in [3.05, 3.63) is 47.7 Å². The van der Waals surface area contributed by atoms with Crippen LogP contribution in [-0.4, -0.2) is 19.1 Å². The first-order chi connectivity index (χ1) is 8.54. The number of hydrogen-bond acceptors (Lipinski definition) is 3. The summed E-state index contributed by atoms with van der Waals surface area (Å²) in [5.41, 5.74) is 4.49. The second-order valence-electron chi connectivity index (χ2n) is 4.74. The minimum atomic E-state index is 0.894. The van der Waals surface area contributed by atoms with Gasteiger partial charge >= 0.3 is 0 Å². The quantitative estimate of drug-likeness (QED) is 0.891. The van der Waals surface area contributed by atoms with E-state index in [1.807, 2.05) is 27.1 Å². The van der Waals surface area contributed by atoms with Gasteiger partial charge in [-0.05, 0) is 55.8 Å². The summed E-state index contributed by atoms with van der Waals surface area (Å²) in [7, 11) is 4.07. The predicted octanol–water partition coefficient (Wildman–Crippen LogP) is 3.51. The zero-order valence-electron chi connectivity index (χ0n) is 11.4. The lowest BCUT2D eigenvalue weighted by Gasteiger charge is -2.13. The van der Waals surface area contributed by atoms with Crippen molar-refractivity contribution in [3.63, 3.8) is 0 Å². The van der Waals surface area contributed by atoms with Gasteiger partial charge in [-0.2, -0.15) is 0 Å². The van der Waals surface area contributed by atoms with Crippen molar-refractivity contribution in [2.24, 2.45) is 0 Å². The Labute approximate surface area is 108 Å². The van der Waals surface area contributed by atoms with E-state index in [0.717, 1.165) is 17.2 Å². The Morgan fingerprint density at radius 3 is 2.22 bits per heavy atom. The van der Waals surface area contributed by atoms with Gasteiger partial charge in [0.05, 0.1) is 0 Å². The van der Waals surface area contributed by atoms with E-state index in [9.17, 15) is 0 Å². The molecule has 0 radical (unpaired) electrons. The summed E-state index contributed by atoms with van der Waals surface area (Å²) >= 11 is 0. The fourth-order valence-electron chi connectivity index (χ4n) is 1.90. The minimum Gasteiger partial charge on any atom is -0.378 e. The summed E-state index contributed by atoms with van der Waals surface area (Å²) in [6.45, 7) is 4.09. The molecule has 0 amide bonds. The molecule has 1 aromatic heterocycles. The summed E-state index contributed by atoms with van der Waals surface area (Å²) < 4.78 is 0. The van der Waals surface area contributed by atoms with E-state index in [4.69, 9.17) is 0 Å². The van der Waals surface area contributed by atoms with Crippen molar-refractivity contribution in [1.29, 1.82) is 0 Å². The molecule has 1 heterocycles. The van der Waals surface area contributed by atoms with Crippen molar-refractivity contribution in [3.8, 4) is 0 Å². The minimum absolute atomic E-state index is 0.894. The lowest BCUT2D eigenvalue weighted by atomic mass is 10.2. The molecule has 0 aliphatic heterocycles. The van der Waals surface area contributed by atoms with Crippen LogP contribution < -0.4 is 10.2 Å². The summed E-state index contributed by atoms with van der Waals surface area (Å²) in [6, 6.07) is 12.4. The number of aromatic nitrogens is 1. The van der Waals surface area contributed by atoms with Gasteiger partial charge in [-0.25, -0.2) is 4.98 Å². The second-order valence-corrected chi connectivity index (χ2v) is 4.74. The Kier molecular flexibility index (Phi) is 3.51. The van der Waals surface area contributed by atoms with E-state index in [2.05, 4.69) is 52.5 Å². The highest BCUT2D eigenvalue weighted by atomic mass is 15.1. The summed E-state index contributed by atoms with van der Waals surface area (Å²) in [5, 5.41) is 3.32. The van der Waals surface area contributed by atoms with Gasteiger partial charge in [0.2, 0.25) is 0 Å². The molecule has 1 N–H and O–H groups in total. The Morgan fingerprint density at radius 1 is 1.00 bits per heavy atom. The van der Waals surface area contributed by atoms with Crippen molar-refractivity contribution in [2.45, 2.75) is 13.8 Å². The third-order valence-corrected chi connectivity index (χ3v) is 2.75. The van der Waals surface area contributed by atoms with Crippen molar-refractivity contribution < 1.29 is 0 Å². The first-order valence-electron chi connectivity index (χ1n) is 6.04. The summed E-state index contributed by atoms with van der Waals surface area (Å²) in [6.07, 6.45) is 0. The van der Waals surface area contributed by atoms with Crippen LogP contribution in [0.25, 0.3) is 0 Å². The Balaban J connectivity index is 2.18. The molecule has 0 spiro atoms. The maximum Gasteiger partial charge on any atom is 0.130 e. The highest BCUT2D eigenvalue weighted by molar-refractivity contribution is 5.60. The normalized spacial score (nSPS) is 10.2. The van der Waals surface area contributed by atoms with Crippen molar-refractivity contribution >= 4 is 17.2 Å². The van der Waals surface area contributed by atoms with Crippen LogP contribution in [0, 0.1) is 13.8 Å². The molecule has 1 aromatic carbocycles. The van der Waals surface area contributed by atoms with E-state index in [1.54, 1.807) is 0 Å². The molecule has 3 nitrogen and oxygen atoms in total. The first-order valence-corrected chi connectivity index (χ1v) is 6.04. The van der Waals surface area contributed by atoms with Gasteiger partial charge in [-0.1, -0.05) is 0 Å². The molecule has 0 saturated heterocycles. The number of anilines is 3. The lowest BCUT2D eigenvalue weighted by molar-refractivity contribution is 1.13. The topological polar surface area (TPSA) is 28.2 Å². The average molecular weight is 241 g/mol. The Morgan fingerprint density at radius 2 is 1.67 bits per heavy atom. The van der Waals surface area contributed by atoms with Crippen molar-refractivity contribution in [2.75, 3.05) is 24.3 Å². The molecule has 94 valence electrons. The summed E-state index contributed by atoms with van der Waals surface area (Å²) in [5.74, 6) is 0.894. The third kappa shape index (κ3) is 3.00. The molecule has 2 rings (SSSR count). The van der Waals surface area contributed by atoms with Gasteiger partial charge in [0.15, 0.2) is 0 Å². The number of benzene rings is 1. The lowest BCUT2D eigenvalue weighted by Crippen LogP contribution is -2.08. The molecule has 0 aliphatic carbocycles. The fourth-order valence-corrected chi connectivity index (χ4v) is 1.90. The zero-order chi connectivity index (χ0) is 13.1.